The second kappa shape index (κ2) is 9.83. The van der Waals surface area contributed by atoms with E-state index >= 15 is 0 Å². The standard InChI is InChI=1S/C14H29NO/c1-4-5-6-7-8-9-10-11-13(16)14(15)12(2)3/h12,14H,4-11,15H2,1-3H3. The molecule has 0 fully saturated rings. The summed E-state index contributed by atoms with van der Waals surface area (Å²) in [5.41, 5.74) is 5.79. The molecule has 0 aromatic heterocycles. The van der Waals surface area contributed by atoms with Gasteiger partial charge in [0, 0.05) is 6.42 Å². The molecule has 0 aliphatic heterocycles. The van der Waals surface area contributed by atoms with E-state index in [1.54, 1.807) is 0 Å². The Morgan fingerprint density at radius 3 is 2.00 bits per heavy atom. The van der Waals surface area contributed by atoms with Crippen LogP contribution in [-0.2, 0) is 4.79 Å². The average molecular weight is 227 g/mol. The summed E-state index contributed by atoms with van der Waals surface area (Å²) in [6, 6.07) is -0.250. The number of rotatable bonds is 10. The molecule has 0 radical (unpaired) electrons. The minimum atomic E-state index is -0.250. The maximum Gasteiger partial charge on any atom is 0.149 e. The van der Waals surface area contributed by atoms with Gasteiger partial charge < -0.3 is 5.73 Å². The minimum Gasteiger partial charge on any atom is -0.321 e. The molecule has 16 heavy (non-hydrogen) atoms. The molecule has 0 amide bonds. The predicted molar refractivity (Wildman–Crippen MR) is 70.4 cm³/mol. The minimum absolute atomic E-state index is 0.239. The molecular formula is C14H29NO. The number of Topliss-reactive ketones (excluding diaryl/α,β-unsaturated/α-hetero) is 1. The fourth-order valence-electron chi connectivity index (χ4n) is 1.79. The average Bonchev–Trinajstić information content (AvgIpc) is 2.26. The molecule has 0 spiro atoms. The zero-order valence-corrected chi connectivity index (χ0v) is 11.3. The Balaban J connectivity index is 3.34. The third kappa shape index (κ3) is 7.86. The first-order valence-electron chi connectivity index (χ1n) is 6.87. The molecule has 2 nitrogen and oxygen atoms in total. The van der Waals surface area contributed by atoms with Gasteiger partial charge in [0.25, 0.3) is 0 Å². The summed E-state index contributed by atoms with van der Waals surface area (Å²) < 4.78 is 0. The second-order valence-electron chi connectivity index (χ2n) is 5.11. The molecule has 0 aliphatic carbocycles. The Hall–Kier alpha value is -0.370. The summed E-state index contributed by atoms with van der Waals surface area (Å²) in [5, 5.41) is 0. The molecule has 0 rings (SSSR count). The lowest BCUT2D eigenvalue weighted by Gasteiger charge is -2.13. The van der Waals surface area contributed by atoms with Crippen molar-refractivity contribution >= 4 is 5.78 Å². The number of ketones is 1. The molecule has 2 heteroatoms. The fourth-order valence-corrected chi connectivity index (χ4v) is 1.79. The van der Waals surface area contributed by atoms with Gasteiger partial charge in [0.15, 0.2) is 0 Å². The summed E-state index contributed by atoms with van der Waals surface area (Å²) in [5.74, 6) is 0.514. The first-order chi connectivity index (χ1) is 7.59. The first kappa shape index (κ1) is 15.6. The van der Waals surface area contributed by atoms with Crippen LogP contribution in [0.25, 0.3) is 0 Å². The summed E-state index contributed by atoms with van der Waals surface area (Å²) in [6.07, 6.45) is 9.44. The van der Waals surface area contributed by atoms with Crippen molar-refractivity contribution in [1.29, 1.82) is 0 Å². The third-order valence-electron chi connectivity index (χ3n) is 3.12. The van der Waals surface area contributed by atoms with Gasteiger partial charge in [0.1, 0.15) is 5.78 Å². The molecule has 0 aromatic carbocycles. The zero-order chi connectivity index (χ0) is 12.4. The number of carbonyl (C=O) groups excluding carboxylic acids is 1. The smallest absolute Gasteiger partial charge is 0.149 e. The molecule has 96 valence electrons. The van der Waals surface area contributed by atoms with E-state index in [1.807, 2.05) is 13.8 Å². The van der Waals surface area contributed by atoms with Gasteiger partial charge in [0.05, 0.1) is 6.04 Å². The van der Waals surface area contributed by atoms with Gasteiger partial charge in [-0.25, -0.2) is 0 Å². The van der Waals surface area contributed by atoms with Gasteiger partial charge in [-0.15, -0.1) is 0 Å². The molecule has 2 N–H and O–H groups in total. The highest BCUT2D eigenvalue weighted by molar-refractivity contribution is 5.83. The Morgan fingerprint density at radius 2 is 1.50 bits per heavy atom. The topological polar surface area (TPSA) is 43.1 Å². The number of unbranched alkanes of at least 4 members (excludes halogenated alkanes) is 6. The van der Waals surface area contributed by atoms with E-state index in [2.05, 4.69) is 6.92 Å². The molecule has 0 saturated carbocycles. The van der Waals surface area contributed by atoms with E-state index in [4.69, 9.17) is 5.73 Å². The SMILES string of the molecule is CCCCCCCCCC(=O)C(N)C(C)C. The van der Waals surface area contributed by atoms with Crippen LogP contribution in [0.2, 0.25) is 0 Å². The quantitative estimate of drug-likeness (QED) is 0.578. The normalized spacial score (nSPS) is 13.1. The van der Waals surface area contributed by atoms with Crippen LogP contribution in [0.1, 0.15) is 72.1 Å². The Labute approximate surface area is 101 Å². The summed E-state index contributed by atoms with van der Waals surface area (Å²) in [6.45, 7) is 6.24. The number of carbonyl (C=O) groups is 1. The lowest BCUT2D eigenvalue weighted by Crippen LogP contribution is -2.35. The van der Waals surface area contributed by atoms with Crippen molar-refractivity contribution in [3.05, 3.63) is 0 Å². The van der Waals surface area contributed by atoms with E-state index in [-0.39, 0.29) is 17.7 Å². The van der Waals surface area contributed by atoms with Gasteiger partial charge in [0.2, 0.25) is 0 Å². The lowest BCUT2D eigenvalue weighted by atomic mass is 9.97. The van der Waals surface area contributed by atoms with Gasteiger partial charge in [-0.2, -0.15) is 0 Å². The monoisotopic (exact) mass is 227 g/mol. The number of hydrogen-bond acceptors (Lipinski definition) is 2. The van der Waals surface area contributed by atoms with Crippen LogP contribution >= 0.6 is 0 Å². The molecular weight excluding hydrogens is 198 g/mol. The first-order valence-corrected chi connectivity index (χ1v) is 6.87. The Kier molecular flexibility index (Phi) is 9.60. The van der Waals surface area contributed by atoms with Gasteiger partial charge in [-0.3, -0.25) is 4.79 Å². The van der Waals surface area contributed by atoms with Crippen LogP contribution in [0.4, 0.5) is 0 Å². The highest BCUT2D eigenvalue weighted by atomic mass is 16.1. The Morgan fingerprint density at radius 1 is 1.00 bits per heavy atom. The van der Waals surface area contributed by atoms with Crippen molar-refractivity contribution in [2.24, 2.45) is 11.7 Å². The van der Waals surface area contributed by atoms with Crippen LogP contribution < -0.4 is 5.73 Å². The van der Waals surface area contributed by atoms with Crippen LogP contribution in [0, 0.1) is 5.92 Å². The van der Waals surface area contributed by atoms with E-state index < -0.39 is 0 Å². The molecule has 1 atom stereocenters. The van der Waals surface area contributed by atoms with Gasteiger partial charge in [-0.1, -0.05) is 59.3 Å². The van der Waals surface area contributed by atoms with Crippen LogP contribution in [0.15, 0.2) is 0 Å². The molecule has 1 unspecified atom stereocenters. The third-order valence-corrected chi connectivity index (χ3v) is 3.12. The predicted octanol–water partition coefficient (Wildman–Crippen LogP) is 3.68. The van der Waals surface area contributed by atoms with Crippen LogP contribution in [0.5, 0.6) is 0 Å². The molecule has 0 aromatic rings. The van der Waals surface area contributed by atoms with E-state index in [0.717, 1.165) is 6.42 Å². The number of nitrogens with two attached hydrogens (primary N) is 1. The van der Waals surface area contributed by atoms with Crippen molar-refractivity contribution in [1.82, 2.24) is 0 Å². The van der Waals surface area contributed by atoms with Crippen molar-refractivity contribution in [2.75, 3.05) is 0 Å². The zero-order valence-electron chi connectivity index (χ0n) is 11.3. The van der Waals surface area contributed by atoms with E-state index in [9.17, 15) is 4.79 Å². The molecule has 0 bridgehead atoms. The molecule has 0 saturated heterocycles. The summed E-state index contributed by atoms with van der Waals surface area (Å²) >= 11 is 0. The van der Waals surface area contributed by atoms with Gasteiger partial charge >= 0.3 is 0 Å². The maximum atomic E-state index is 11.6. The van der Waals surface area contributed by atoms with Crippen molar-refractivity contribution in [2.45, 2.75) is 78.2 Å². The van der Waals surface area contributed by atoms with Crippen molar-refractivity contribution in [3.8, 4) is 0 Å². The lowest BCUT2D eigenvalue weighted by molar-refractivity contribution is -0.121. The molecule has 0 aliphatic rings. The van der Waals surface area contributed by atoms with Gasteiger partial charge in [-0.05, 0) is 12.3 Å². The summed E-state index contributed by atoms with van der Waals surface area (Å²) in [4.78, 5) is 11.6. The second-order valence-corrected chi connectivity index (χ2v) is 5.11. The van der Waals surface area contributed by atoms with Crippen LogP contribution in [-0.4, -0.2) is 11.8 Å². The maximum absolute atomic E-state index is 11.6. The summed E-state index contributed by atoms with van der Waals surface area (Å²) in [7, 11) is 0. The Bertz CT molecular complexity index is 178. The molecule has 0 heterocycles. The number of hydrogen-bond donors (Lipinski definition) is 1. The van der Waals surface area contributed by atoms with Crippen molar-refractivity contribution in [3.63, 3.8) is 0 Å². The van der Waals surface area contributed by atoms with Crippen LogP contribution in [0.3, 0.4) is 0 Å². The highest BCUT2D eigenvalue weighted by Gasteiger charge is 2.15. The largest absolute Gasteiger partial charge is 0.321 e. The fraction of sp³-hybridized carbons (Fsp3) is 0.929. The van der Waals surface area contributed by atoms with E-state index in [1.165, 1.54) is 38.5 Å². The highest BCUT2D eigenvalue weighted by Crippen LogP contribution is 2.10. The van der Waals surface area contributed by atoms with Crippen molar-refractivity contribution < 1.29 is 4.79 Å². The van der Waals surface area contributed by atoms with E-state index in [0.29, 0.717) is 6.42 Å².